The lowest BCUT2D eigenvalue weighted by Gasteiger charge is -2.41. The molecule has 0 amide bonds. The van der Waals surface area contributed by atoms with Crippen LogP contribution in [0.2, 0.25) is 0 Å². The molecule has 18 heavy (non-hydrogen) atoms. The van der Waals surface area contributed by atoms with Gasteiger partial charge >= 0.3 is 0 Å². The van der Waals surface area contributed by atoms with E-state index in [1.165, 1.54) is 12.2 Å². The van der Waals surface area contributed by atoms with Gasteiger partial charge in [0, 0.05) is 0 Å². The van der Waals surface area contributed by atoms with Gasteiger partial charge in [0.2, 0.25) is 0 Å². The van der Waals surface area contributed by atoms with E-state index in [4.69, 9.17) is 19.3 Å². The zero-order valence-electron chi connectivity index (χ0n) is 10.1. The second-order valence-electron chi connectivity index (χ2n) is 3.91. The summed E-state index contributed by atoms with van der Waals surface area (Å²) in [6, 6.07) is 0. The fourth-order valence-corrected chi connectivity index (χ4v) is 1.79. The van der Waals surface area contributed by atoms with E-state index in [0.29, 0.717) is 0 Å². The third-order valence-electron chi connectivity index (χ3n) is 2.63. The summed E-state index contributed by atoms with van der Waals surface area (Å²) in [4.78, 5) is 0. The van der Waals surface area contributed by atoms with Crippen molar-refractivity contribution < 1.29 is 29.5 Å². The molecule has 1 aliphatic rings. The molecule has 0 aromatic carbocycles. The minimum atomic E-state index is -1.28. The summed E-state index contributed by atoms with van der Waals surface area (Å²) in [5, 5.41) is 28.8. The van der Waals surface area contributed by atoms with Crippen LogP contribution in [0, 0.1) is 0 Å². The molecule has 0 aromatic heterocycles. The summed E-state index contributed by atoms with van der Waals surface area (Å²) in [7, 11) is 0. The molecule has 104 valence electrons. The first kappa shape index (κ1) is 15.3. The molecule has 5 atom stereocenters. The van der Waals surface area contributed by atoms with Crippen LogP contribution in [0.4, 0.5) is 0 Å². The van der Waals surface area contributed by atoms with Crippen molar-refractivity contribution in [1.29, 1.82) is 0 Å². The highest BCUT2D eigenvalue weighted by atomic mass is 16.7. The van der Waals surface area contributed by atoms with Gasteiger partial charge in [-0.1, -0.05) is 12.2 Å². The Labute approximate surface area is 106 Å². The third-order valence-corrected chi connectivity index (χ3v) is 2.63. The van der Waals surface area contributed by atoms with E-state index in [9.17, 15) is 10.2 Å². The molecule has 1 rings (SSSR count). The predicted octanol–water partition coefficient (Wildman–Crippen LogP) is -0.801. The number of aliphatic hydroxyl groups is 3. The molecule has 1 fully saturated rings. The van der Waals surface area contributed by atoms with E-state index in [2.05, 4.69) is 13.2 Å². The molecule has 0 bridgehead atoms. The Balaban J connectivity index is 2.75. The zero-order valence-corrected chi connectivity index (χ0v) is 10.1. The van der Waals surface area contributed by atoms with E-state index in [1.54, 1.807) is 0 Å². The second kappa shape index (κ2) is 7.63. The van der Waals surface area contributed by atoms with Crippen LogP contribution in [0.5, 0.6) is 0 Å². The number of rotatable bonds is 7. The van der Waals surface area contributed by atoms with Gasteiger partial charge in [0.25, 0.3) is 0 Å². The van der Waals surface area contributed by atoms with Crippen molar-refractivity contribution in [2.45, 2.75) is 30.7 Å². The molecule has 0 aromatic rings. The SMILES string of the molecule is C=CCO[C@@H]1[C@@H](OCC=C)[C@@H](O)[C@@H](CO)O[C@H]1O. The molecule has 6 nitrogen and oxygen atoms in total. The standard InChI is InChI=1S/C12H20O6/c1-3-5-16-10-9(14)8(7-13)18-12(15)11(10)17-6-4-2/h3-4,8-15H,1-2,5-7H2/t8-,9+,10+,11-,12-/m1/s1. The van der Waals surface area contributed by atoms with Gasteiger partial charge in [0.1, 0.15) is 24.4 Å². The van der Waals surface area contributed by atoms with E-state index in [1.807, 2.05) is 0 Å². The van der Waals surface area contributed by atoms with Crippen LogP contribution in [0.1, 0.15) is 0 Å². The number of ether oxygens (including phenoxy) is 3. The lowest BCUT2D eigenvalue weighted by Crippen LogP contribution is -2.60. The highest BCUT2D eigenvalue weighted by molar-refractivity contribution is 4.91. The number of hydrogen-bond donors (Lipinski definition) is 3. The average molecular weight is 260 g/mol. The molecular weight excluding hydrogens is 240 g/mol. The minimum absolute atomic E-state index is 0.190. The van der Waals surface area contributed by atoms with Gasteiger partial charge in [-0.05, 0) is 0 Å². The molecule has 0 saturated carbocycles. The second-order valence-corrected chi connectivity index (χ2v) is 3.91. The fraction of sp³-hybridized carbons (Fsp3) is 0.667. The van der Waals surface area contributed by atoms with Gasteiger partial charge in [-0.25, -0.2) is 0 Å². The maximum Gasteiger partial charge on any atom is 0.184 e. The van der Waals surface area contributed by atoms with E-state index in [-0.39, 0.29) is 13.2 Å². The summed E-state index contributed by atoms with van der Waals surface area (Å²) in [6.45, 7) is 6.98. The highest BCUT2D eigenvalue weighted by Gasteiger charge is 2.45. The van der Waals surface area contributed by atoms with Crippen molar-refractivity contribution in [2.24, 2.45) is 0 Å². The molecule has 1 saturated heterocycles. The first-order valence-electron chi connectivity index (χ1n) is 5.73. The quantitative estimate of drug-likeness (QED) is 0.519. The van der Waals surface area contributed by atoms with Gasteiger partial charge < -0.3 is 29.5 Å². The predicted molar refractivity (Wildman–Crippen MR) is 63.8 cm³/mol. The average Bonchev–Trinajstić information content (AvgIpc) is 2.37. The molecule has 0 aliphatic carbocycles. The van der Waals surface area contributed by atoms with Crippen LogP contribution in [0.15, 0.2) is 25.3 Å². The van der Waals surface area contributed by atoms with Crippen LogP contribution >= 0.6 is 0 Å². The van der Waals surface area contributed by atoms with Crippen LogP contribution in [0.25, 0.3) is 0 Å². The maximum absolute atomic E-state index is 9.98. The van der Waals surface area contributed by atoms with Gasteiger partial charge in [-0.3, -0.25) is 0 Å². The largest absolute Gasteiger partial charge is 0.394 e. The summed E-state index contributed by atoms with van der Waals surface area (Å²) in [6.07, 6.45) is -1.88. The van der Waals surface area contributed by atoms with E-state index < -0.39 is 37.3 Å². The van der Waals surface area contributed by atoms with Crippen LogP contribution < -0.4 is 0 Å². The fourth-order valence-electron chi connectivity index (χ4n) is 1.79. The Morgan fingerprint density at radius 3 is 2.11 bits per heavy atom. The molecule has 1 heterocycles. The Bertz CT molecular complexity index is 269. The van der Waals surface area contributed by atoms with Crippen molar-refractivity contribution in [1.82, 2.24) is 0 Å². The Morgan fingerprint density at radius 1 is 1.06 bits per heavy atom. The van der Waals surface area contributed by atoms with E-state index >= 15 is 0 Å². The lowest BCUT2D eigenvalue weighted by molar-refractivity contribution is -0.300. The summed E-state index contributed by atoms with van der Waals surface area (Å²) in [5.74, 6) is 0. The summed E-state index contributed by atoms with van der Waals surface area (Å²) < 4.78 is 15.8. The minimum Gasteiger partial charge on any atom is -0.394 e. The number of hydrogen-bond acceptors (Lipinski definition) is 6. The Morgan fingerprint density at radius 2 is 1.61 bits per heavy atom. The first-order chi connectivity index (χ1) is 8.65. The van der Waals surface area contributed by atoms with Crippen molar-refractivity contribution in [3.8, 4) is 0 Å². The van der Waals surface area contributed by atoms with Crippen LogP contribution in [-0.2, 0) is 14.2 Å². The molecule has 0 unspecified atom stereocenters. The molecule has 0 spiro atoms. The summed E-state index contributed by atoms with van der Waals surface area (Å²) in [5.41, 5.74) is 0. The van der Waals surface area contributed by atoms with Gasteiger partial charge in [-0.2, -0.15) is 0 Å². The third kappa shape index (κ3) is 3.61. The molecule has 3 N–H and O–H groups in total. The normalized spacial score (nSPS) is 36.3. The van der Waals surface area contributed by atoms with Gasteiger partial charge in [0.15, 0.2) is 6.29 Å². The highest BCUT2D eigenvalue weighted by Crippen LogP contribution is 2.24. The van der Waals surface area contributed by atoms with Crippen LogP contribution in [-0.4, -0.2) is 65.8 Å². The van der Waals surface area contributed by atoms with Crippen molar-refractivity contribution in [3.05, 3.63) is 25.3 Å². The maximum atomic E-state index is 9.98. The topological polar surface area (TPSA) is 88.4 Å². The monoisotopic (exact) mass is 260 g/mol. The van der Waals surface area contributed by atoms with Gasteiger partial charge in [0.05, 0.1) is 19.8 Å². The van der Waals surface area contributed by atoms with E-state index in [0.717, 1.165) is 0 Å². The zero-order chi connectivity index (χ0) is 13.5. The lowest BCUT2D eigenvalue weighted by atomic mass is 9.99. The first-order valence-corrected chi connectivity index (χ1v) is 5.73. The molecular formula is C12H20O6. The Hall–Kier alpha value is -0.760. The Kier molecular flexibility index (Phi) is 6.48. The van der Waals surface area contributed by atoms with Crippen LogP contribution in [0.3, 0.4) is 0 Å². The molecule has 0 radical (unpaired) electrons. The summed E-state index contributed by atoms with van der Waals surface area (Å²) >= 11 is 0. The smallest absolute Gasteiger partial charge is 0.184 e. The van der Waals surface area contributed by atoms with Gasteiger partial charge in [-0.15, -0.1) is 13.2 Å². The van der Waals surface area contributed by atoms with Crippen molar-refractivity contribution in [2.75, 3.05) is 19.8 Å². The molecule has 1 aliphatic heterocycles. The van der Waals surface area contributed by atoms with Crippen molar-refractivity contribution >= 4 is 0 Å². The number of aliphatic hydroxyl groups excluding tert-OH is 3. The molecule has 6 heteroatoms. The van der Waals surface area contributed by atoms with Crippen molar-refractivity contribution in [3.63, 3.8) is 0 Å².